The van der Waals surface area contributed by atoms with Crippen molar-refractivity contribution in [1.82, 2.24) is 0 Å². The van der Waals surface area contributed by atoms with Crippen LogP contribution in [0.15, 0.2) is 43.5 Å². The van der Waals surface area contributed by atoms with E-state index in [1.54, 1.807) is 0 Å². The fourth-order valence-corrected chi connectivity index (χ4v) is 1.45. The van der Waals surface area contributed by atoms with Gasteiger partial charge in [0.15, 0.2) is 10.9 Å². The Morgan fingerprint density at radius 1 is 1.18 bits per heavy atom. The van der Waals surface area contributed by atoms with E-state index in [0.29, 0.717) is 0 Å². The molecule has 4 heteroatoms. The topological polar surface area (TPSA) is 60.2 Å². The summed E-state index contributed by atoms with van der Waals surface area (Å²) in [6.07, 6.45) is 5.78. The van der Waals surface area contributed by atoms with Gasteiger partial charge in [-0.25, -0.2) is 13.6 Å². The highest BCUT2D eigenvalue weighted by Crippen LogP contribution is 2.13. The van der Waals surface area contributed by atoms with Gasteiger partial charge in [0, 0.05) is 0 Å². The molecule has 0 saturated carbocycles. The molecule has 94 valence electrons. The zero-order valence-corrected chi connectivity index (χ0v) is 11.0. The lowest BCUT2D eigenvalue weighted by Crippen LogP contribution is -1.92. The van der Waals surface area contributed by atoms with Gasteiger partial charge in [-0.15, -0.1) is 13.2 Å². The summed E-state index contributed by atoms with van der Waals surface area (Å²) in [4.78, 5) is 0. The molecular formula is C13H19NO2S. The van der Waals surface area contributed by atoms with Crippen molar-refractivity contribution in [2.24, 2.45) is 5.14 Å². The van der Waals surface area contributed by atoms with Crippen molar-refractivity contribution < 1.29 is 8.42 Å². The average molecular weight is 253 g/mol. The molecule has 2 N–H and O–H groups in total. The van der Waals surface area contributed by atoms with Crippen molar-refractivity contribution in [3.63, 3.8) is 0 Å². The minimum atomic E-state index is -2.62. The van der Waals surface area contributed by atoms with Gasteiger partial charge in [0.1, 0.15) is 0 Å². The molecule has 0 heterocycles. The predicted octanol–water partition coefficient (Wildman–Crippen LogP) is 1.92. The Kier molecular flexibility index (Phi) is 8.01. The molecule has 3 nitrogen and oxygen atoms in total. The van der Waals surface area contributed by atoms with E-state index < -0.39 is 10.9 Å². The second kappa shape index (κ2) is 8.73. The molecule has 0 atom stereocenters. The van der Waals surface area contributed by atoms with Gasteiger partial charge in [-0.3, -0.25) is 0 Å². The van der Waals surface area contributed by atoms with E-state index in [2.05, 4.69) is 43.4 Å². The SMILES string of the molecule is C=CCc1ccc(C)cc1CC=C.N[SH](=O)=O. The predicted molar refractivity (Wildman–Crippen MR) is 73.5 cm³/mol. The second-order valence-electron chi connectivity index (χ2n) is 3.54. The smallest absolute Gasteiger partial charge is 0.198 e. The third kappa shape index (κ3) is 7.49. The Labute approximate surface area is 105 Å². The van der Waals surface area contributed by atoms with Crippen LogP contribution >= 0.6 is 0 Å². The summed E-state index contributed by atoms with van der Waals surface area (Å²) in [5.41, 5.74) is 4.04. The van der Waals surface area contributed by atoms with Crippen molar-refractivity contribution in [1.29, 1.82) is 0 Å². The van der Waals surface area contributed by atoms with Gasteiger partial charge in [0.2, 0.25) is 0 Å². The fourth-order valence-electron chi connectivity index (χ4n) is 1.45. The number of thiol groups is 1. The summed E-state index contributed by atoms with van der Waals surface area (Å²) < 4.78 is 17.6. The maximum absolute atomic E-state index is 8.81. The van der Waals surface area contributed by atoms with Crippen molar-refractivity contribution in [3.05, 3.63) is 60.2 Å². The van der Waals surface area contributed by atoms with E-state index in [9.17, 15) is 0 Å². The molecule has 1 rings (SSSR count). The standard InChI is InChI=1S/C13H16.H3NO2S/c1-4-6-12-9-8-11(3)10-13(12)7-5-2;1-4(2)3/h4-5,8-10H,1-2,6-7H2,3H3;4H,(H2,1,2,3). The first-order valence-corrected chi connectivity index (χ1v) is 6.45. The number of hydrogen-bond acceptors (Lipinski definition) is 2. The van der Waals surface area contributed by atoms with Crippen LogP contribution in [0.2, 0.25) is 0 Å². The van der Waals surface area contributed by atoms with Gasteiger partial charge >= 0.3 is 0 Å². The molecule has 0 radical (unpaired) electrons. The van der Waals surface area contributed by atoms with Crippen molar-refractivity contribution in [2.45, 2.75) is 19.8 Å². The molecule has 0 unspecified atom stereocenters. The molecule has 1 aromatic rings. The molecule has 0 aliphatic heterocycles. The van der Waals surface area contributed by atoms with E-state index >= 15 is 0 Å². The normalized spacial score (nSPS) is 9.35. The number of allylic oxidation sites excluding steroid dienone is 2. The largest absolute Gasteiger partial charge is 0.231 e. The number of hydrogen-bond donors (Lipinski definition) is 2. The van der Waals surface area contributed by atoms with Crippen LogP contribution in [0.3, 0.4) is 0 Å². The van der Waals surface area contributed by atoms with E-state index in [4.69, 9.17) is 8.42 Å². The van der Waals surface area contributed by atoms with Gasteiger partial charge in [0.25, 0.3) is 0 Å². The summed E-state index contributed by atoms with van der Waals surface area (Å²) in [5, 5.41) is 4.06. The number of benzene rings is 1. The first-order valence-electron chi connectivity index (χ1n) is 5.20. The van der Waals surface area contributed by atoms with Crippen LogP contribution in [0, 0.1) is 6.92 Å². The highest BCUT2D eigenvalue weighted by Gasteiger charge is 1.98. The van der Waals surface area contributed by atoms with Gasteiger partial charge in [-0.2, -0.15) is 0 Å². The first kappa shape index (κ1) is 15.6. The van der Waals surface area contributed by atoms with Crippen LogP contribution < -0.4 is 5.14 Å². The maximum atomic E-state index is 8.81. The Hall–Kier alpha value is -1.39. The summed E-state index contributed by atoms with van der Waals surface area (Å²) in [6.45, 7) is 9.63. The molecule has 0 aliphatic carbocycles. The summed E-state index contributed by atoms with van der Waals surface area (Å²) in [5.74, 6) is 0. The Balaban J connectivity index is 0.000000557. The zero-order chi connectivity index (χ0) is 13.3. The molecule has 0 aromatic heterocycles. The molecule has 0 spiro atoms. The molecule has 0 fully saturated rings. The highest BCUT2D eigenvalue weighted by molar-refractivity contribution is 7.69. The molecule has 0 aliphatic rings. The average Bonchev–Trinajstić information content (AvgIpc) is 2.22. The van der Waals surface area contributed by atoms with Crippen molar-refractivity contribution in [2.75, 3.05) is 0 Å². The summed E-state index contributed by atoms with van der Waals surface area (Å²) in [7, 11) is -2.62. The quantitative estimate of drug-likeness (QED) is 0.636. The Morgan fingerprint density at radius 2 is 1.65 bits per heavy atom. The molecule has 0 saturated heterocycles. The molecular weight excluding hydrogens is 234 g/mol. The van der Waals surface area contributed by atoms with E-state index in [-0.39, 0.29) is 0 Å². The van der Waals surface area contributed by atoms with Gasteiger partial charge in [0.05, 0.1) is 0 Å². The first-order chi connectivity index (χ1) is 8.01. The molecule has 0 amide bonds. The second-order valence-corrected chi connectivity index (χ2v) is 4.11. The molecule has 17 heavy (non-hydrogen) atoms. The Bertz CT molecular complexity index is 443. The van der Waals surface area contributed by atoms with Crippen LogP contribution in [0.25, 0.3) is 0 Å². The van der Waals surface area contributed by atoms with Crippen LogP contribution in [0.1, 0.15) is 16.7 Å². The van der Waals surface area contributed by atoms with Crippen molar-refractivity contribution >= 4 is 10.9 Å². The third-order valence-electron chi connectivity index (χ3n) is 2.09. The molecule has 1 aromatic carbocycles. The lowest BCUT2D eigenvalue weighted by Gasteiger charge is -2.06. The number of rotatable bonds is 4. The van der Waals surface area contributed by atoms with E-state index in [1.165, 1.54) is 16.7 Å². The monoisotopic (exact) mass is 253 g/mol. The van der Waals surface area contributed by atoms with E-state index in [1.807, 2.05) is 12.2 Å². The minimum Gasteiger partial charge on any atom is -0.231 e. The number of aryl methyl sites for hydroxylation is 1. The lowest BCUT2D eigenvalue weighted by molar-refractivity contribution is 0.616. The van der Waals surface area contributed by atoms with Crippen LogP contribution in [-0.2, 0) is 23.7 Å². The Morgan fingerprint density at radius 3 is 2.12 bits per heavy atom. The molecule has 0 bridgehead atoms. The van der Waals surface area contributed by atoms with Crippen LogP contribution in [0.4, 0.5) is 0 Å². The highest BCUT2D eigenvalue weighted by atomic mass is 32.2. The van der Waals surface area contributed by atoms with Crippen molar-refractivity contribution in [3.8, 4) is 0 Å². The van der Waals surface area contributed by atoms with Gasteiger partial charge in [-0.05, 0) is 30.9 Å². The van der Waals surface area contributed by atoms with Crippen LogP contribution in [-0.4, -0.2) is 8.42 Å². The summed E-state index contributed by atoms with van der Waals surface area (Å²) in [6, 6.07) is 6.54. The van der Waals surface area contributed by atoms with Crippen LogP contribution in [0.5, 0.6) is 0 Å². The zero-order valence-electron chi connectivity index (χ0n) is 10.1. The number of nitrogens with two attached hydrogens (primary N) is 1. The minimum absolute atomic E-state index is 0.948. The fraction of sp³-hybridized carbons (Fsp3) is 0.231. The van der Waals surface area contributed by atoms with Gasteiger partial charge < -0.3 is 0 Å². The summed E-state index contributed by atoms with van der Waals surface area (Å²) >= 11 is 0. The maximum Gasteiger partial charge on any atom is 0.198 e. The lowest BCUT2D eigenvalue weighted by atomic mass is 9.99. The van der Waals surface area contributed by atoms with Gasteiger partial charge in [-0.1, -0.05) is 35.9 Å². The third-order valence-corrected chi connectivity index (χ3v) is 2.09. The van der Waals surface area contributed by atoms with E-state index in [0.717, 1.165) is 12.8 Å².